The zero-order chi connectivity index (χ0) is 20.8. The predicted molar refractivity (Wildman–Crippen MR) is 110 cm³/mol. The van der Waals surface area contributed by atoms with Gasteiger partial charge in [0.2, 0.25) is 11.8 Å². The summed E-state index contributed by atoms with van der Waals surface area (Å²) in [6.07, 6.45) is 4.77. The third kappa shape index (κ3) is 5.63. The molecule has 1 aliphatic rings. The van der Waals surface area contributed by atoms with Crippen molar-refractivity contribution in [3.63, 3.8) is 0 Å². The summed E-state index contributed by atoms with van der Waals surface area (Å²) in [7, 11) is 0. The summed E-state index contributed by atoms with van der Waals surface area (Å²) in [5, 5.41) is 7.96. The van der Waals surface area contributed by atoms with Gasteiger partial charge in [-0.25, -0.2) is 4.39 Å². The maximum atomic E-state index is 14.2. The number of halogens is 1. The molecule has 3 amide bonds. The smallest absolute Gasteiger partial charge is 0.255 e. The van der Waals surface area contributed by atoms with Gasteiger partial charge in [0.05, 0.1) is 5.69 Å². The maximum Gasteiger partial charge on any atom is 0.255 e. The van der Waals surface area contributed by atoms with Gasteiger partial charge >= 0.3 is 0 Å². The fourth-order valence-corrected chi connectivity index (χ4v) is 3.44. The van der Waals surface area contributed by atoms with Gasteiger partial charge in [0.1, 0.15) is 5.82 Å². The highest BCUT2D eigenvalue weighted by Crippen LogP contribution is 2.27. The van der Waals surface area contributed by atoms with E-state index in [1.807, 2.05) is 0 Å². The quantitative estimate of drug-likeness (QED) is 0.691. The van der Waals surface area contributed by atoms with Crippen LogP contribution in [-0.4, -0.2) is 17.7 Å². The number of rotatable bonds is 5. The normalized spacial score (nSPS) is 14.1. The number of nitrogens with one attached hydrogen (secondary N) is 3. The van der Waals surface area contributed by atoms with Crippen molar-refractivity contribution in [3.8, 4) is 0 Å². The van der Waals surface area contributed by atoms with Crippen LogP contribution in [0, 0.1) is 11.7 Å². The number of carbonyl (C=O) groups excluding carboxylic acids is 3. The molecule has 0 spiro atoms. The third-order valence-electron chi connectivity index (χ3n) is 4.90. The second-order valence-corrected chi connectivity index (χ2v) is 7.23. The fraction of sp³-hybridized carbons (Fsp3) is 0.318. The predicted octanol–water partition coefficient (Wildman–Crippen LogP) is 4.56. The van der Waals surface area contributed by atoms with E-state index in [0.29, 0.717) is 16.9 Å². The van der Waals surface area contributed by atoms with Crippen molar-refractivity contribution in [2.75, 3.05) is 16.0 Å². The molecule has 2 aromatic rings. The van der Waals surface area contributed by atoms with Crippen LogP contribution in [-0.2, 0) is 9.59 Å². The summed E-state index contributed by atoms with van der Waals surface area (Å²) in [4.78, 5) is 36.1. The first kappa shape index (κ1) is 20.5. The molecule has 7 heteroatoms. The van der Waals surface area contributed by atoms with Crippen LogP contribution < -0.4 is 16.0 Å². The summed E-state index contributed by atoms with van der Waals surface area (Å²) >= 11 is 0. The van der Waals surface area contributed by atoms with E-state index < -0.39 is 11.7 Å². The molecule has 1 saturated carbocycles. The standard InChI is InChI=1S/C22H24FN3O3/c1-14(27)24-17-9-5-8-16(12-17)22(29)25-18-10-11-19(23)20(13-18)26-21(28)15-6-3-2-4-7-15/h5,8-13,15H,2-4,6-7H2,1H3,(H,24,27)(H,25,29)(H,26,28). The number of carbonyl (C=O) groups is 3. The molecular formula is C22H24FN3O3. The Morgan fingerprint density at radius 2 is 1.62 bits per heavy atom. The van der Waals surface area contributed by atoms with Crippen molar-refractivity contribution in [1.29, 1.82) is 0 Å². The van der Waals surface area contributed by atoms with E-state index in [1.165, 1.54) is 25.1 Å². The largest absolute Gasteiger partial charge is 0.326 e. The molecule has 3 N–H and O–H groups in total. The molecule has 0 heterocycles. The van der Waals surface area contributed by atoms with E-state index in [9.17, 15) is 18.8 Å². The van der Waals surface area contributed by atoms with Crippen LogP contribution in [0.5, 0.6) is 0 Å². The SMILES string of the molecule is CC(=O)Nc1cccc(C(=O)Nc2ccc(F)c(NC(=O)C3CCCCC3)c2)c1. The highest BCUT2D eigenvalue weighted by molar-refractivity contribution is 6.05. The van der Waals surface area contributed by atoms with E-state index in [2.05, 4.69) is 16.0 Å². The Kier molecular flexibility index (Phi) is 6.59. The molecule has 29 heavy (non-hydrogen) atoms. The molecule has 0 atom stereocenters. The summed E-state index contributed by atoms with van der Waals surface area (Å²) in [5.41, 5.74) is 1.25. The van der Waals surface area contributed by atoms with Gasteiger partial charge in [0, 0.05) is 29.8 Å². The molecule has 1 aliphatic carbocycles. The zero-order valence-corrected chi connectivity index (χ0v) is 16.3. The summed E-state index contributed by atoms with van der Waals surface area (Å²) in [6.45, 7) is 1.38. The Hall–Kier alpha value is -3.22. The minimum atomic E-state index is -0.556. The summed E-state index contributed by atoms with van der Waals surface area (Å²) < 4.78 is 14.2. The molecule has 0 aliphatic heterocycles. The zero-order valence-electron chi connectivity index (χ0n) is 16.3. The maximum absolute atomic E-state index is 14.2. The van der Waals surface area contributed by atoms with Crippen molar-refractivity contribution < 1.29 is 18.8 Å². The first-order valence-corrected chi connectivity index (χ1v) is 9.72. The van der Waals surface area contributed by atoms with Crippen LogP contribution in [0.15, 0.2) is 42.5 Å². The molecule has 152 valence electrons. The number of benzene rings is 2. The van der Waals surface area contributed by atoms with Gasteiger partial charge < -0.3 is 16.0 Å². The Bertz CT molecular complexity index is 923. The summed E-state index contributed by atoms with van der Waals surface area (Å²) in [5.74, 6) is -1.49. The van der Waals surface area contributed by atoms with Crippen LogP contribution in [0.3, 0.4) is 0 Å². The van der Waals surface area contributed by atoms with Crippen LogP contribution in [0.1, 0.15) is 49.4 Å². The fourth-order valence-electron chi connectivity index (χ4n) is 3.44. The molecule has 6 nitrogen and oxygen atoms in total. The Balaban J connectivity index is 1.70. The molecule has 3 rings (SSSR count). The van der Waals surface area contributed by atoms with Crippen molar-refractivity contribution in [2.24, 2.45) is 5.92 Å². The molecule has 2 aromatic carbocycles. The first-order chi connectivity index (χ1) is 13.9. The van der Waals surface area contributed by atoms with E-state index >= 15 is 0 Å². The molecule has 1 fully saturated rings. The van der Waals surface area contributed by atoms with E-state index in [0.717, 1.165) is 32.1 Å². The number of hydrogen-bond acceptors (Lipinski definition) is 3. The monoisotopic (exact) mass is 397 g/mol. The molecule has 0 saturated heterocycles. The number of amides is 3. The van der Waals surface area contributed by atoms with Crippen LogP contribution in [0.2, 0.25) is 0 Å². The van der Waals surface area contributed by atoms with Crippen LogP contribution in [0.25, 0.3) is 0 Å². The number of hydrogen-bond donors (Lipinski definition) is 3. The van der Waals surface area contributed by atoms with Gasteiger partial charge in [-0.3, -0.25) is 14.4 Å². The van der Waals surface area contributed by atoms with Crippen molar-refractivity contribution in [1.82, 2.24) is 0 Å². The highest BCUT2D eigenvalue weighted by atomic mass is 19.1. The van der Waals surface area contributed by atoms with Crippen LogP contribution in [0.4, 0.5) is 21.5 Å². The third-order valence-corrected chi connectivity index (χ3v) is 4.90. The average molecular weight is 397 g/mol. The number of anilines is 3. The second kappa shape index (κ2) is 9.32. The van der Waals surface area contributed by atoms with E-state index in [4.69, 9.17) is 0 Å². The minimum absolute atomic E-state index is 0.0466. The summed E-state index contributed by atoms with van der Waals surface area (Å²) in [6, 6.07) is 10.5. The van der Waals surface area contributed by atoms with Crippen molar-refractivity contribution >= 4 is 34.8 Å². The molecule has 0 unspecified atom stereocenters. The van der Waals surface area contributed by atoms with Gasteiger partial charge in [-0.2, -0.15) is 0 Å². The Morgan fingerprint density at radius 1 is 0.897 bits per heavy atom. The Morgan fingerprint density at radius 3 is 2.34 bits per heavy atom. The minimum Gasteiger partial charge on any atom is -0.326 e. The van der Waals surface area contributed by atoms with Gasteiger partial charge in [-0.05, 0) is 49.2 Å². The first-order valence-electron chi connectivity index (χ1n) is 9.72. The van der Waals surface area contributed by atoms with Crippen LogP contribution >= 0.6 is 0 Å². The highest BCUT2D eigenvalue weighted by Gasteiger charge is 2.22. The van der Waals surface area contributed by atoms with Gasteiger partial charge in [0.15, 0.2) is 0 Å². The molecule has 0 aromatic heterocycles. The lowest BCUT2D eigenvalue weighted by Crippen LogP contribution is -2.25. The van der Waals surface area contributed by atoms with E-state index in [-0.39, 0.29) is 23.4 Å². The van der Waals surface area contributed by atoms with Gasteiger partial charge in [-0.1, -0.05) is 25.3 Å². The topological polar surface area (TPSA) is 87.3 Å². The van der Waals surface area contributed by atoms with Crippen molar-refractivity contribution in [3.05, 3.63) is 53.8 Å². The second-order valence-electron chi connectivity index (χ2n) is 7.23. The molecular weight excluding hydrogens is 373 g/mol. The van der Waals surface area contributed by atoms with Crippen molar-refractivity contribution in [2.45, 2.75) is 39.0 Å². The average Bonchev–Trinajstić information content (AvgIpc) is 2.71. The molecule has 0 bridgehead atoms. The molecule has 0 radical (unpaired) electrons. The van der Waals surface area contributed by atoms with E-state index in [1.54, 1.807) is 24.3 Å². The lowest BCUT2D eigenvalue weighted by Gasteiger charge is -2.21. The lowest BCUT2D eigenvalue weighted by molar-refractivity contribution is -0.120. The van der Waals surface area contributed by atoms with Gasteiger partial charge in [0.25, 0.3) is 5.91 Å². The lowest BCUT2D eigenvalue weighted by atomic mass is 9.88. The van der Waals surface area contributed by atoms with Gasteiger partial charge in [-0.15, -0.1) is 0 Å². The Labute approximate surface area is 168 Å².